The summed E-state index contributed by atoms with van der Waals surface area (Å²) >= 11 is 0. The first kappa shape index (κ1) is 11.1. The minimum Gasteiger partial charge on any atom is -0.374 e. The van der Waals surface area contributed by atoms with Crippen LogP contribution >= 0.6 is 0 Å². The number of hydrogen-bond donors (Lipinski definition) is 2. The van der Waals surface area contributed by atoms with Gasteiger partial charge in [0.15, 0.2) is 0 Å². The zero-order chi connectivity index (χ0) is 11.4. The first-order valence-corrected chi connectivity index (χ1v) is 4.24. The van der Waals surface area contributed by atoms with Crippen LogP contribution in [0.1, 0.15) is 17.3 Å². The number of hydrogen-bond acceptors (Lipinski definition) is 4. The largest absolute Gasteiger partial charge is 0.374 e. The number of amides is 1. The van der Waals surface area contributed by atoms with Crippen LogP contribution in [0, 0.1) is 10.1 Å². The van der Waals surface area contributed by atoms with Crippen LogP contribution < -0.4 is 5.32 Å². The Labute approximate surface area is 85.7 Å². The van der Waals surface area contributed by atoms with Gasteiger partial charge in [0.05, 0.1) is 4.92 Å². The molecular formula is C9H10N2O4. The summed E-state index contributed by atoms with van der Waals surface area (Å²) < 4.78 is 0. The number of benzene rings is 1. The zero-order valence-corrected chi connectivity index (χ0v) is 8.01. The van der Waals surface area contributed by atoms with E-state index in [4.69, 9.17) is 5.11 Å². The molecule has 15 heavy (non-hydrogen) atoms. The van der Waals surface area contributed by atoms with Crippen molar-refractivity contribution in [2.45, 2.75) is 13.2 Å². The second-order valence-electron chi connectivity index (χ2n) is 2.95. The number of non-ortho nitro benzene ring substituents is 1. The summed E-state index contributed by atoms with van der Waals surface area (Å²) in [5.74, 6) is -0.472. The van der Waals surface area contributed by atoms with Crippen molar-refractivity contribution in [3.8, 4) is 0 Å². The molecule has 0 aromatic heterocycles. The van der Waals surface area contributed by atoms with Gasteiger partial charge in [0.1, 0.15) is 6.23 Å². The minimum atomic E-state index is -0.951. The van der Waals surface area contributed by atoms with Crippen LogP contribution in [-0.4, -0.2) is 22.2 Å². The normalized spacial score (nSPS) is 11.9. The number of nitro benzene ring substituents is 1. The molecule has 0 saturated carbocycles. The van der Waals surface area contributed by atoms with E-state index in [0.29, 0.717) is 0 Å². The van der Waals surface area contributed by atoms with Crippen LogP contribution in [0.25, 0.3) is 0 Å². The van der Waals surface area contributed by atoms with Crippen molar-refractivity contribution in [1.82, 2.24) is 5.32 Å². The molecule has 0 bridgehead atoms. The second kappa shape index (κ2) is 4.52. The van der Waals surface area contributed by atoms with E-state index in [1.165, 1.54) is 31.2 Å². The summed E-state index contributed by atoms with van der Waals surface area (Å²) in [6.07, 6.45) is -0.951. The summed E-state index contributed by atoms with van der Waals surface area (Å²) in [7, 11) is 0. The summed E-state index contributed by atoms with van der Waals surface area (Å²) in [5, 5.41) is 21.5. The van der Waals surface area contributed by atoms with Crippen LogP contribution in [0.15, 0.2) is 24.3 Å². The number of aliphatic hydroxyl groups excluding tert-OH is 1. The van der Waals surface area contributed by atoms with Gasteiger partial charge in [0.2, 0.25) is 0 Å². The van der Waals surface area contributed by atoms with Gasteiger partial charge in [-0.25, -0.2) is 0 Å². The number of aliphatic hydroxyl groups is 1. The Balaban J connectivity index is 2.80. The minimum absolute atomic E-state index is 0.0800. The topological polar surface area (TPSA) is 92.5 Å². The van der Waals surface area contributed by atoms with E-state index >= 15 is 0 Å². The lowest BCUT2D eigenvalue weighted by atomic mass is 10.2. The lowest BCUT2D eigenvalue weighted by Crippen LogP contribution is -2.31. The highest BCUT2D eigenvalue weighted by molar-refractivity contribution is 5.94. The molecule has 1 atom stereocenters. The van der Waals surface area contributed by atoms with Gasteiger partial charge in [-0.15, -0.1) is 0 Å². The molecule has 1 rings (SSSR count). The molecule has 0 heterocycles. The van der Waals surface area contributed by atoms with Gasteiger partial charge in [0.25, 0.3) is 11.6 Å². The number of rotatable bonds is 3. The summed E-state index contributed by atoms with van der Waals surface area (Å²) in [6, 6.07) is 5.12. The first-order chi connectivity index (χ1) is 7.00. The van der Waals surface area contributed by atoms with Crippen LogP contribution in [-0.2, 0) is 0 Å². The number of nitrogens with zero attached hydrogens (tertiary/aromatic N) is 1. The Morgan fingerprint density at radius 2 is 2.00 bits per heavy atom. The van der Waals surface area contributed by atoms with E-state index in [-0.39, 0.29) is 11.3 Å². The van der Waals surface area contributed by atoms with Crippen molar-refractivity contribution in [3.63, 3.8) is 0 Å². The van der Waals surface area contributed by atoms with E-state index < -0.39 is 17.1 Å². The fraction of sp³-hybridized carbons (Fsp3) is 0.222. The van der Waals surface area contributed by atoms with Crippen molar-refractivity contribution in [3.05, 3.63) is 39.9 Å². The highest BCUT2D eigenvalue weighted by Gasteiger charge is 2.10. The molecule has 2 N–H and O–H groups in total. The first-order valence-electron chi connectivity index (χ1n) is 4.24. The third-order valence-corrected chi connectivity index (χ3v) is 1.68. The third-order valence-electron chi connectivity index (χ3n) is 1.68. The van der Waals surface area contributed by atoms with Crippen LogP contribution in [0.5, 0.6) is 0 Å². The fourth-order valence-electron chi connectivity index (χ4n) is 1.01. The lowest BCUT2D eigenvalue weighted by Gasteiger charge is -2.06. The lowest BCUT2D eigenvalue weighted by molar-refractivity contribution is -0.384. The Morgan fingerprint density at radius 3 is 2.40 bits per heavy atom. The number of nitro groups is 1. The van der Waals surface area contributed by atoms with Crippen molar-refractivity contribution in [1.29, 1.82) is 0 Å². The van der Waals surface area contributed by atoms with E-state index in [0.717, 1.165) is 0 Å². The molecule has 1 amide bonds. The molecule has 1 aromatic rings. The average molecular weight is 210 g/mol. The molecular weight excluding hydrogens is 200 g/mol. The smallest absolute Gasteiger partial charge is 0.269 e. The van der Waals surface area contributed by atoms with Gasteiger partial charge < -0.3 is 10.4 Å². The maximum atomic E-state index is 11.3. The molecule has 6 nitrogen and oxygen atoms in total. The maximum absolute atomic E-state index is 11.3. The fourth-order valence-corrected chi connectivity index (χ4v) is 1.01. The molecule has 0 aliphatic rings. The average Bonchev–Trinajstić information content (AvgIpc) is 2.17. The predicted molar refractivity (Wildman–Crippen MR) is 52.2 cm³/mol. The molecule has 0 aliphatic carbocycles. The van der Waals surface area contributed by atoms with Crippen molar-refractivity contribution in [2.24, 2.45) is 0 Å². The molecule has 80 valence electrons. The Hall–Kier alpha value is -1.95. The Bertz CT molecular complexity index is 372. The van der Waals surface area contributed by atoms with Gasteiger partial charge in [0, 0.05) is 17.7 Å². The van der Waals surface area contributed by atoms with E-state index in [2.05, 4.69) is 5.32 Å². The predicted octanol–water partition coefficient (Wildman–Crippen LogP) is 0.663. The number of carbonyl (C=O) groups is 1. The SMILES string of the molecule is CC(O)NC(=O)c1ccc([N+](=O)[O-])cc1. The zero-order valence-electron chi connectivity index (χ0n) is 8.01. The molecule has 6 heteroatoms. The Morgan fingerprint density at radius 1 is 1.47 bits per heavy atom. The molecule has 0 radical (unpaired) electrons. The van der Waals surface area contributed by atoms with Gasteiger partial charge in [-0.05, 0) is 19.1 Å². The quantitative estimate of drug-likeness (QED) is 0.435. The molecule has 1 unspecified atom stereocenters. The molecule has 0 aliphatic heterocycles. The van der Waals surface area contributed by atoms with E-state index in [1.54, 1.807) is 0 Å². The van der Waals surface area contributed by atoms with Crippen molar-refractivity contribution in [2.75, 3.05) is 0 Å². The van der Waals surface area contributed by atoms with Gasteiger partial charge >= 0.3 is 0 Å². The van der Waals surface area contributed by atoms with Gasteiger partial charge in [-0.3, -0.25) is 14.9 Å². The second-order valence-corrected chi connectivity index (χ2v) is 2.95. The van der Waals surface area contributed by atoms with Gasteiger partial charge in [-0.2, -0.15) is 0 Å². The van der Waals surface area contributed by atoms with Crippen molar-refractivity contribution >= 4 is 11.6 Å². The van der Waals surface area contributed by atoms with Gasteiger partial charge in [-0.1, -0.05) is 0 Å². The highest BCUT2D eigenvalue weighted by Crippen LogP contribution is 2.11. The van der Waals surface area contributed by atoms with Crippen LogP contribution in [0.2, 0.25) is 0 Å². The molecule has 1 aromatic carbocycles. The standard InChI is InChI=1S/C9H10N2O4/c1-6(12)10-9(13)7-2-4-8(5-3-7)11(14)15/h2-6,12H,1H3,(H,10,13). The summed E-state index contributed by atoms with van der Waals surface area (Å²) in [5.41, 5.74) is 0.185. The highest BCUT2D eigenvalue weighted by atomic mass is 16.6. The van der Waals surface area contributed by atoms with Crippen molar-refractivity contribution < 1.29 is 14.8 Å². The van der Waals surface area contributed by atoms with E-state index in [1.807, 2.05) is 0 Å². The Kier molecular flexibility index (Phi) is 3.35. The van der Waals surface area contributed by atoms with Crippen LogP contribution in [0.4, 0.5) is 5.69 Å². The summed E-state index contributed by atoms with van der Waals surface area (Å²) in [4.78, 5) is 21.1. The third kappa shape index (κ3) is 3.03. The summed E-state index contributed by atoms with van der Waals surface area (Å²) in [6.45, 7) is 1.41. The van der Waals surface area contributed by atoms with E-state index in [9.17, 15) is 14.9 Å². The van der Waals surface area contributed by atoms with Crippen LogP contribution in [0.3, 0.4) is 0 Å². The number of carbonyl (C=O) groups excluding carboxylic acids is 1. The molecule has 0 saturated heterocycles. The monoisotopic (exact) mass is 210 g/mol. The number of nitrogens with one attached hydrogen (secondary N) is 1. The molecule has 0 spiro atoms. The molecule has 0 fully saturated rings. The maximum Gasteiger partial charge on any atom is 0.269 e.